The van der Waals surface area contributed by atoms with Gasteiger partial charge in [0.05, 0.1) is 12.2 Å². The third-order valence-electron chi connectivity index (χ3n) is 3.10. The summed E-state index contributed by atoms with van der Waals surface area (Å²) < 4.78 is 1.41. The molecule has 0 aliphatic rings. The molecule has 96 valence electrons. The molecule has 1 aromatic carbocycles. The van der Waals surface area contributed by atoms with E-state index in [0.29, 0.717) is 12.2 Å². The summed E-state index contributed by atoms with van der Waals surface area (Å²) in [5, 5.41) is 17.9. The molecular formula is C13H12N4O2. The molecular weight excluding hydrogens is 244 g/mol. The van der Waals surface area contributed by atoms with Crippen molar-refractivity contribution in [1.82, 2.24) is 20.0 Å². The van der Waals surface area contributed by atoms with E-state index in [2.05, 4.69) is 15.3 Å². The van der Waals surface area contributed by atoms with E-state index >= 15 is 0 Å². The third-order valence-corrected chi connectivity index (χ3v) is 3.10. The van der Waals surface area contributed by atoms with E-state index in [0.717, 1.165) is 16.5 Å². The molecule has 3 aromatic rings. The number of aromatic amines is 1. The zero-order valence-electron chi connectivity index (χ0n) is 10.3. The fraction of sp³-hybridized carbons (Fsp3) is 0.154. The van der Waals surface area contributed by atoms with E-state index in [9.17, 15) is 4.79 Å². The monoisotopic (exact) mass is 256 g/mol. The van der Waals surface area contributed by atoms with Gasteiger partial charge in [0.1, 0.15) is 0 Å². The van der Waals surface area contributed by atoms with E-state index in [1.165, 1.54) is 4.68 Å². The highest BCUT2D eigenvalue weighted by molar-refractivity contribution is 5.87. The zero-order valence-corrected chi connectivity index (χ0v) is 10.3. The molecule has 2 N–H and O–H groups in total. The smallest absolute Gasteiger partial charge is 0.356 e. The Bertz CT molecular complexity index is 757. The second-order valence-corrected chi connectivity index (χ2v) is 4.35. The molecule has 0 aliphatic heterocycles. The van der Waals surface area contributed by atoms with Crippen LogP contribution in [0.3, 0.4) is 0 Å². The van der Waals surface area contributed by atoms with Crippen molar-refractivity contribution >= 4 is 16.9 Å². The molecule has 0 unspecified atom stereocenters. The minimum absolute atomic E-state index is 0.130. The van der Waals surface area contributed by atoms with Crippen LogP contribution >= 0.6 is 0 Å². The van der Waals surface area contributed by atoms with Crippen LogP contribution in [0.5, 0.6) is 0 Å². The van der Waals surface area contributed by atoms with Crippen LogP contribution in [0.1, 0.15) is 21.7 Å². The van der Waals surface area contributed by atoms with Crippen molar-refractivity contribution in [1.29, 1.82) is 0 Å². The SMILES string of the molecule is Cc1nnn(Cc2c[nH]c3ccccc23)c1C(=O)O. The second-order valence-electron chi connectivity index (χ2n) is 4.35. The van der Waals surface area contributed by atoms with E-state index in [1.54, 1.807) is 6.92 Å². The molecule has 2 heterocycles. The minimum atomic E-state index is -1.01. The summed E-state index contributed by atoms with van der Waals surface area (Å²) in [6.45, 7) is 2.02. The topological polar surface area (TPSA) is 83.8 Å². The summed E-state index contributed by atoms with van der Waals surface area (Å²) in [6.07, 6.45) is 1.87. The highest BCUT2D eigenvalue weighted by Gasteiger charge is 2.17. The van der Waals surface area contributed by atoms with Gasteiger partial charge in [-0.2, -0.15) is 0 Å². The van der Waals surface area contributed by atoms with Gasteiger partial charge in [-0.15, -0.1) is 5.10 Å². The van der Waals surface area contributed by atoms with Crippen molar-refractivity contribution in [3.05, 3.63) is 47.4 Å². The van der Waals surface area contributed by atoms with Crippen LogP contribution in [0.2, 0.25) is 0 Å². The van der Waals surface area contributed by atoms with Crippen LogP contribution in [-0.4, -0.2) is 31.1 Å². The molecule has 0 amide bonds. The van der Waals surface area contributed by atoms with Crippen LogP contribution < -0.4 is 0 Å². The van der Waals surface area contributed by atoms with Crippen LogP contribution in [0.15, 0.2) is 30.5 Å². The van der Waals surface area contributed by atoms with Crippen molar-refractivity contribution < 1.29 is 9.90 Å². The molecule has 0 fully saturated rings. The van der Waals surface area contributed by atoms with Crippen molar-refractivity contribution in [2.24, 2.45) is 0 Å². The first-order valence-corrected chi connectivity index (χ1v) is 5.85. The number of carboxylic acid groups (broad SMARTS) is 1. The van der Waals surface area contributed by atoms with Gasteiger partial charge >= 0.3 is 5.97 Å². The standard InChI is InChI=1S/C13H12N4O2/c1-8-12(13(18)19)17(16-15-8)7-9-6-14-11-5-3-2-4-10(9)11/h2-6,14H,7H2,1H3,(H,18,19). The first-order valence-electron chi connectivity index (χ1n) is 5.85. The Balaban J connectivity index is 2.04. The van der Waals surface area contributed by atoms with Crippen molar-refractivity contribution in [2.45, 2.75) is 13.5 Å². The number of benzene rings is 1. The van der Waals surface area contributed by atoms with Crippen molar-refractivity contribution in [3.63, 3.8) is 0 Å². The number of nitrogens with zero attached hydrogens (tertiary/aromatic N) is 3. The van der Waals surface area contributed by atoms with Crippen LogP contribution in [0.4, 0.5) is 0 Å². The number of fused-ring (bicyclic) bond motifs is 1. The van der Waals surface area contributed by atoms with Crippen LogP contribution in [0, 0.1) is 6.92 Å². The van der Waals surface area contributed by atoms with E-state index in [1.807, 2.05) is 30.5 Å². The Morgan fingerprint density at radius 1 is 1.42 bits per heavy atom. The lowest BCUT2D eigenvalue weighted by Crippen LogP contribution is -2.11. The summed E-state index contributed by atoms with van der Waals surface area (Å²) in [5.74, 6) is -1.01. The average Bonchev–Trinajstić information content (AvgIpc) is 2.95. The summed E-state index contributed by atoms with van der Waals surface area (Å²) in [6, 6.07) is 7.87. The summed E-state index contributed by atoms with van der Waals surface area (Å²) >= 11 is 0. The maximum atomic E-state index is 11.2. The molecule has 0 spiro atoms. The predicted molar refractivity (Wildman–Crippen MR) is 69.1 cm³/mol. The molecule has 3 rings (SSSR count). The maximum absolute atomic E-state index is 11.2. The zero-order chi connectivity index (χ0) is 13.4. The molecule has 19 heavy (non-hydrogen) atoms. The van der Waals surface area contributed by atoms with Gasteiger partial charge in [0.25, 0.3) is 0 Å². The normalized spacial score (nSPS) is 11.0. The van der Waals surface area contributed by atoms with E-state index in [4.69, 9.17) is 5.11 Å². The molecule has 0 bridgehead atoms. The molecule has 6 heteroatoms. The lowest BCUT2D eigenvalue weighted by molar-refractivity contribution is 0.0683. The van der Waals surface area contributed by atoms with Crippen LogP contribution in [0.25, 0.3) is 10.9 Å². The largest absolute Gasteiger partial charge is 0.476 e. The fourth-order valence-corrected chi connectivity index (χ4v) is 2.20. The van der Waals surface area contributed by atoms with Crippen LogP contribution in [-0.2, 0) is 6.54 Å². The van der Waals surface area contributed by atoms with Gasteiger partial charge in [-0.3, -0.25) is 0 Å². The number of para-hydroxylation sites is 1. The molecule has 0 aliphatic carbocycles. The Morgan fingerprint density at radius 3 is 3.00 bits per heavy atom. The van der Waals surface area contributed by atoms with Gasteiger partial charge in [-0.25, -0.2) is 9.48 Å². The Hall–Kier alpha value is -2.63. The molecule has 0 saturated heterocycles. The second kappa shape index (κ2) is 4.24. The number of hydrogen-bond donors (Lipinski definition) is 2. The number of carbonyl (C=O) groups is 1. The summed E-state index contributed by atoms with van der Waals surface area (Å²) in [5.41, 5.74) is 2.56. The van der Waals surface area contributed by atoms with Gasteiger partial charge in [-0.1, -0.05) is 23.4 Å². The number of carboxylic acids is 1. The number of nitrogens with one attached hydrogen (secondary N) is 1. The van der Waals surface area contributed by atoms with Gasteiger partial charge in [-0.05, 0) is 18.6 Å². The fourth-order valence-electron chi connectivity index (χ4n) is 2.20. The quantitative estimate of drug-likeness (QED) is 0.748. The molecule has 0 saturated carbocycles. The molecule has 2 aromatic heterocycles. The number of hydrogen-bond acceptors (Lipinski definition) is 3. The van der Waals surface area contributed by atoms with E-state index in [-0.39, 0.29) is 5.69 Å². The summed E-state index contributed by atoms with van der Waals surface area (Å²) in [7, 11) is 0. The van der Waals surface area contributed by atoms with Gasteiger partial charge in [0, 0.05) is 17.1 Å². The Morgan fingerprint density at radius 2 is 2.21 bits per heavy atom. The molecule has 0 radical (unpaired) electrons. The number of H-pyrrole nitrogens is 1. The van der Waals surface area contributed by atoms with Crippen molar-refractivity contribution in [3.8, 4) is 0 Å². The van der Waals surface area contributed by atoms with Gasteiger partial charge < -0.3 is 10.1 Å². The van der Waals surface area contributed by atoms with Gasteiger partial charge in [0.15, 0.2) is 5.69 Å². The highest BCUT2D eigenvalue weighted by atomic mass is 16.4. The Labute approximate surface area is 108 Å². The highest BCUT2D eigenvalue weighted by Crippen LogP contribution is 2.19. The minimum Gasteiger partial charge on any atom is -0.476 e. The third kappa shape index (κ3) is 1.87. The number of aromatic nitrogens is 4. The summed E-state index contributed by atoms with van der Waals surface area (Å²) in [4.78, 5) is 14.3. The molecule has 6 nitrogen and oxygen atoms in total. The number of aromatic carboxylic acids is 1. The number of aryl methyl sites for hydroxylation is 1. The Kier molecular flexibility index (Phi) is 2.56. The molecule has 0 atom stereocenters. The number of rotatable bonds is 3. The lowest BCUT2D eigenvalue weighted by atomic mass is 10.2. The average molecular weight is 256 g/mol. The maximum Gasteiger partial charge on any atom is 0.356 e. The van der Waals surface area contributed by atoms with Gasteiger partial charge in [0.2, 0.25) is 0 Å². The lowest BCUT2D eigenvalue weighted by Gasteiger charge is -2.02. The first kappa shape index (κ1) is 11.5. The van der Waals surface area contributed by atoms with E-state index < -0.39 is 5.97 Å². The van der Waals surface area contributed by atoms with Crippen molar-refractivity contribution in [2.75, 3.05) is 0 Å². The predicted octanol–water partition coefficient (Wildman–Crippen LogP) is 1.81. The first-order chi connectivity index (χ1) is 9.16.